The molecule has 0 bridgehead atoms. The van der Waals surface area contributed by atoms with Crippen molar-refractivity contribution in [2.75, 3.05) is 22.5 Å². The maximum atomic E-state index is 12.7. The number of carbonyl (C=O) groups is 2. The van der Waals surface area contributed by atoms with Crippen molar-refractivity contribution in [1.29, 1.82) is 0 Å². The van der Waals surface area contributed by atoms with Gasteiger partial charge in [0.25, 0.3) is 5.91 Å². The summed E-state index contributed by atoms with van der Waals surface area (Å²) in [4.78, 5) is 26.1. The molecule has 1 heterocycles. The van der Waals surface area contributed by atoms with E-state index in [1.807, 2.05) is 18.2 Å². The van der Waals surface area contributed by atoms with E-state index >= 15 is 0 Å². The van der Waals surface area contributed by atoms with Gasteiger partial charge in [-0.25, -0.2) is 0 Å². The van der Waals surface area contributed by atoms with Gasteiger partial charge in [0.05, 0.1) is 21.4 Å². The standard InChI is InChI=1S/C17H16N2O3S/c1-12(20)18-14-8-6-13(7-9-14)17(21)19-10-11-23(22)16-5-3-2-4-15(16)19/h2-9H,10-11H2,1H3,(H,18,20). The minimum absolute atomic E-state index is 0.136. The molecule has 0 saturated heterocycles. The number of hydrogen-bond donors (Lipinski definition) is 1. The van der Waals surface area contributed by atoms with Gasteiger partial charge in [0.15, 0.2) is 0 Å². The first kappa shape index (κ1) is 15.4. The topological polar surface area (TPSA) is 66.5 Å². The van der Waals surface area contributed by atoms with E-state index in [1.165, 1.54) is 6.92 Å². The van der Waals surface area contributed by atoms with Gasteiger partial charge in [-0.3, -0.25) is 13.8 Å². The average molecular weight is 328 g/mol. The van der Waals surface area contributed by atoms with Crippen molar-refractivity contribution < 1.29 is 13.8 Å². The Morgan fingerprint density at radius 1 is 1.09 bits per heavy atom. The molecule has 2 aromatic rings. The predicted molar refractivity (Wildman–Crippen MR) is 90.1 cm³/mol. The van der Waals surface area contributed by atoms with E-state index in [0.29, 0.717) is 34.1 Å². The van der Waals surface area contributed by atoms with Crippen LogP contribution in [0.15, 0.2) is 53.4 Å². The van der Waals surface area contributed by atoms with Gasteiger partial charge in [-0.05, 0) is 36.4 Å². The summed E-state index contributed by atoms with van der Waals surface area (Å²) in [5.74, 6) is 0.146. The Bertz CT molecular complexity index is 787. The lowest BCUT2D eigenvalue weighted by Gasteiger charge is -2.29. The van der Waals surface area contributed by atoms with Gasteiger partial charge < -0.3 is 10.2 Å². The summed E-state index contributed by atoms with van der Waals surface area (Å²) in [6.07, 6.45) is 0. The van der Waals surface area contributed by atoms with Crippen LogP contribution in [0.5, 0.6) is 0 Å². The monoisotopic (exact) mass is 328 g/mol. The fourth-order valence-electron chi connectivity index (χ4n) is 2.54. The SMILES string of the molecule is CC(=O)Nc1ccc(C(=O)N2CCS(=O)c3ccccc32)cc1. The molecule has 1 aliphatic rings. The smallest absolute Gasteiger partial charge is 0.258 e. The molecule has 0 saturated carbocycles. The second-order valence-corrected chi connectivity index (χ2v) is 6.77. The van der Waals surface area contributed by atoms with Crippen molar-refractivity contribution in [3.63, 3.8) is 0 Å². The zero-order valence-corrected chi connectivity index (χ0v) is 13.4. The third kappa shape index (κ3) is 3.17. The fraction of sp³-hybridized carbons (Fsp3) is 0.176. The Kier molecular flexibility index (Phi) is 4.25. The van der Waals surface area contributed by atoms with Gasteiger partial charge in [-0.15, -0.1) is 0 Å². The minimum atomic E-state index is -1.06. The largest absolute Gasteiger partial charge is 0.326 e. The van der Waals surface area contributed by atoms with E-state index < -0.39 is 10.8 Å². The maximum absolute atomic E-state index is 12.7. The molecule has 1 N–H and O–H groups in total. The molecule has 0 radical (unpaired) electrons. The second-order valence-electron chi connectivity index (χ2n) is 5.23. The summed E-state index contributed by atoms with van der Waals surface area (Å²) < 4.78 is 12.1. The van der Waals surface area contributed by atoms with Crippen LogP contribution in [0, 0.1) is 0 Å². The summed E-state index contributed by atoms with van der Waals surface area (Å²) in [6, 6.07) is 14.0. The van der Waals surface area contributed by atoms with Gasteiger partial charge in [-0.1, -0.05) is 12.1 Å². The summed E-state index contributed by atoms with van der Waals surface area (Å²) >= 11 is 0. The molecule has 2 aromatic carbocycles. The van der Waals surface area contributed by atoms with Crippen LogP contribution in [0.3, 0.4) is 0 Å². The summed E-state index contributed by atoms with van der Waals surface area (Å²) in [5, 5.41) is 2.67. The zero-order valence-electron chi connectivity index (χ0n) is 12.6. The van der Waals surface area contributed by atoms with Crippen molar-refractivity contribution in [3.05, 3.63) is 54.1 Å². The van der Waals surface area contributed by atoms with E-state index in [4.69, 9.17) is 0 Å². The van der Waals surface area contributed by atoms with Crippen LogP contribution >= 0.6 is 0 Å². The van der Waals surface area contributed by atoms with Gasteiger partial charge in [0.2, 0.25) is 5.91 Å². The number of carbonyl (C=O) groups excluding carboxylic acids is 2. The van der Waals surface area contributed by atoms with Crippen LogP contribution in [-0.2, 0) is 15.6 Å². The van der Waals surface area contributed by atoms with Crippen LogP contribution in [0.4, 0.5) is 11.4 Å². The van der Waals surface area contributed by atoms with Crippen molar-refractivity contribution in [1.82, 2.24) is 0 Å². The summed E-state index contributed by atoms with van der Waals surface area (Å²) in [6.45, 7) is 1.86. The number of fused-ring (bicyclic) bond motifs is 1. The number of rotatable bonds is 2. The van der Waals surface area contributed by atoms with Crippen molar-refractivity contribution in [2.24, 2.45) is 0 Å². The third-order valence-electron chi connectivity index (χ3n) is 3.60. The minimum Gasteiger partial charge on any atom is -0.326 e. The lowest BCUT2D eigenvalue weighted by Crippen LogP contribution is -2.38. The van der Waals surface area contributed by atoms with E-state index in [9.17, 15) is 13.8 Å². The number of para-hydroxylation sites is 1. The Hall–Kier alpha value is -2.47. The molecule has 0 aromatic heterocycles. The van der Waals surface area contributed by atoms with Crippen LogP contribution in [0.25, 0.3) is 0 Å². The summed E-state index contributed by atoms with van der Waals surface area (Å²) in [5.41, 5.74) is 1.88. The zero-order chi connectivity index (χ0) is 16.4. The second kappa shape index (κ2) is 6.34. The van der Waals surface area contributed by atoms with E-state index in [0.717, 1.165) is 0 Å². The van der Waals surface area contributed by atoms with Gasteiger partial charge in [0, 0.05) is 30.5 Å². The van der Waals surface area contributed by atoms with Crippen LogP contribution in [-0.4, -0.2) is 28.3 Å². The molecule has 0 aliphatic carbocycles. The normalized spacial score (nSPS) is 16.6. The average Bonchev–Trinajstić information content (AvgIpc) is 2.55. The molecule has 3 rings (SSSR count). The van der Waals surface area contributed by atoms with Crippen LogP contribution < -0.4 is 10.2 Å². The predicted octanol–water partition coefficient (Wildman–Crippen LogP) is 2.41. The quantitative estimate of drug-likeness (QED) is 0.920. The molecule has 6 heteroatoms. The van der Waals surface area contributed by atoms with E-state index in [-0.39, 0.29) is 11.8 Å². The first-order chi connectivity index (χ1) is 11.1. The molecule has 0 fully saturated rings. The highest BCUT2D eigenvalue weighted by atomic mass is 32.2. The van der Waals surface area contributed by atoms with Crippen LogP contribution in [0.1, 0.15) is 17.3 Å². The fourth-order valence-corrected chi connectivity index (χ4v) is 3.75. The Morgan fingerprint density at radius 3 is 2.48 bits per heavy atom. The number of nitrogens with zero attached hydrogens (tertiary/aromatic N) is 1. The molecular weight excluding hydrogens is 312 g/mol. The molecule has 0 spiro atoms. The molecule has 1 atom stereocenters. The Morgan fingerprint density at radius 2 is 1.78 bits per heavy atom. The molecule has 2 amide bonds. The number of amides is 2. The van der Waals surface area contributed by atoms with E-state index in [1.54, 1.807) is 35.2 Å². The van der Waals surface area contributed by atoms with Crippen molar-refractivity contribution >= 4 is 34.0 Å². The van der Waals surface area contributed by atoms with E-state index in [2.05, 4.69) is 5.32 Å². The molecule has 1 unspecified atom stereocenters. The molecule has 118 valence electrons. The number of nitrogens with one attached hydrogen (secondary N) is 1. The summed E-state index contributed by atoms with van der Waals surface area (Å²) in [7, 11) is -1.06. The number of anilines is 2. The molecular formula is C17H16N2O3S. The van der Waals surface area contributed by atoms with Gasteiger partial charge >= 0.3 is 0 Å². The number of hydrogen-bond acceptors (Lipinski definition) is 3. The highest BCUT2D eigenvalue weighted by Crippen LogP contribution is 2.29. The molecule has 5 nitrogen and oxygen atoms in total. The lowest BCUT2D eigenvalue weighted by molar-refractivity contribution is -0.114. The first-order valence-electron chi connectivity index (χ1n) is 7.23. The van der Waals surface area contributed by atoms with Crippen LogP contribution in [0.2, 0.25) is 0 Å². The highest BCUT2D eigenvalue weighted by molar-refractivity contribution is 7.85. The molecule has 1 aliphatic heterocycles. The first-order valence-corrected chi connectivity index (χ1v) is 8.55. The highest BCUT2D eigenvalue weighted by Gasteiger charge is 2.26. The molecule has 23 heavy (non-hydrogen) atoms. The Labute approximate surface area is 136 Å². The Balaban J connectivity index is 1.88. The maximum Gasteiger partial charge on any atom is 0.258 e. The van der Waals surface area contributed by atoms with Gasteiger partial charge in [0.1, 0.15) is 0 Å². The number of benzene rings is 2. The van der Waals surface area contributed by atoms with Crippen molar-refractivity contribution in [2.45, 2.75) is 11.8 Å². The van der Waals surface area contributed by atoms with Gasteiger partial charge in [-0.2, -0.15) is 0 Å². The third-order valence-corrected chi connectivity index (χ3v) is 4.99. The van der Waals surface area contributed by atoms with Crippen molar-refractivity contribution in [3.8, 4) is 0 Å². The lowest BCUT2D eigenvalue weighted by atomic mass is 10.1.